The average Bonchev–Trinajstić information content (AvgIpc) is 1.93. The molecule has 0 aliphatic heterocycles. The first-order valence-corrected chi connectivity index (χ1v) is 7.63. The van der Waals surface area contributed by atoms with Gasteiger partial charge in [-0.05, 0) is 12.3 Å². The average molecular weight is 254 g/mol. The van der Waals surface area contributed by atoms with Gasteiger partial charge in [0.05, 0.1) is 5.75 Å². The summed E-state index contributed by atoms with van der Waals surface area (Å²) in [5.41, 5.74) is 0. The normalized spacial score (nSPS) is 15.7. The van der Waals surface area contributed by atoms with E-state index in [1.165, 1.54) is 0 Å². The van der Waals surface area contributed by atoms with Crippen molar-refractivity contribution in [3.8, 4) is 0 Å². The molecule has 0 saturated carbocycles. The Morgan fingerprint density at radius 1 is 1.27 bits per heavy atom. The van der Waals surface area contributed by atoms with Crippen LogP contribution >= 0.6 is 11.8 Å². The van der Waals surface area contributed by atoms with E-state index in [1.807, 2.05) is 0 Å². The van der Waals surface area contributed by atoms with E-state index in [1.54, 1.807) is 11.8 Å². The Morgan fingerprint density at radius 3 is 2.00 bits per heavy atom. The summed E-state index contributed by atoms with van der Waals surface area (Å²) in [6.45, 7) is 10.5. The smallest absolute Gasteiger partial charge is 0.264 e. The van der Waals surface area contributed by atoms with Crippen LogP contribution in [0.4, 0.5) is 0 Å². The standard InChI is InChI=1S/C10H22O3S2/c1-8(2)9(14-10(3,4)5)6-7-15(11,12)13/h8-9H,6-7H2,1-5H3,(H,11,12,13). The first-order chi connectivity index (χ1) is 6.51. The third-order valence-corrected chi connectivity index (χ3v) is 4.45. The van der Waals surface area contributed by atoms with Gasteiger partial charge in [0.25, 0.3) is 10.1 Å². The van der Waals surface area contributed by atoms with Gasteiger partial charge in [0.15, 0.2) is 0 Å². The van der Waals surface area contributed by atoms with Crippen LogP contribution in [-0.2, 0) is 10.1 Å². The van der Waals surface area contributed by atoms with Crippen LogP contribution < -0.4 is 0 Å². The van der Waals surface area contributed by atoms with Crippen LogP contribution in [0.1, 0.15) is 41.0 Å². The molecule has 0 saturated heterocycles. The molecule has 15 heavy (non-hydrogen) atoms. The van der Waals surface area contributed by atoms with Crippen molar-refractivity contribution in [2.45, 2.75) is 51.0 Å². The summed E-state index contributed by atoms with van der Waals surface area (Å²) >= 11 is 1.78. The van der Waals surface area contributed by atoms with Crippen molar-refractivity contribution >= 4 is 21.9 Å². The van der Waals surface area contributed by atoms with Gasteiger partial charge in [-0.15, -0.1) is 0 Å². The van der Waals surface area contributed by atoms with Gasteiger partial charge in [-0.1, -0.05) is 34.6 Å². The zero-order valence-corrected chi connectivity index (χ0v) is 11.8. The Bertz CT molecular complexity index is 276. The summed E-state index contributed by atoms with van der Waals surface area (Å²) in [5.74, 6) is 0.273. The molecule has 0 aliphatic carbocycles. The van der Waals surface area contributed by atoms with Crippen molar-refractivity contribution in [1.82, 2.24) is 0 Å². The summed E-state index contributed by atoms with van der Waals surface area (Å²) < 4.78 is 30.2. The lowest BCUT2D eigenvalue weighted by Gasteiger charge is -2.28. The van der Waals surface area contributed by atoms with Crippen LogP contribution in [0.3, 0.4) is 0 Å². The third-order valence-electron chi connectivity index (χ3n) is 1.91. The topological polar surface area (TPSA) is 54.4 Å². The fourth-order valence-corrected chi connectivity index (χ4v) is 3.36. The summed E-state index contributed by atoms with van der Waals surface area (Å²) in [7, 11) is -3.82. The molecule has 0 aromatic rings. The first-order valence-electron chi connectivity index (χ1n) is 5.14. The highest BCUT2D eigenvalue weighted by Crippen LogP contribution is 2.34. The summed E-state index contributed by atoms with van der Waals surface area (Å²) in [5, 5.41) is 0.270. The van der Waals surface area contributed by atoms with Crippen LogP contribution in [0, 0.1) is 5.92 Å². The van der Waals surface area contributed by atoms with Gasteiger partial charge in [-0.25, -0.2) is 0 Å². The van der Waals surface area contributed by atoms with E-state index in [0.29, 0.717) is 12.3 Å². The van der Waals surface area contributed by atoms with Crippen molar-refractivity contribution < 1.29 is 13.0 Å². The van der Waals surface area contributed by atoms with Gasteiger partial charge in [-0.3, -0.25) is 4.55 Å². The molecule has 92 valence electrons. The molecule has 0 aliphatic rings. The lowest BCUT2D eigenvalue weighted by molar-refractivity contribution is 0.476. The second kappa shape index (κ2) is 5.55. The highest BCUT2D eigenvalue weighted by atomic mass is 32.2. The molecule has 1 atom stereocenters. The lowest BCUT2D eigenvalue weighted by atomic mass is 10.1. The Kier molecular flexibility index (Phi) is 5.64. The molecule has 0 amide bonds. The minimum atomic E-state index is -3.82. The molecule has 0 heterocycles. The number of hydrogen-bond donors (Lipinski definition) is 1. The maximum atomic E-state index is 10.7. The van der Waals surface area contributed by atoms with E-state index in [-0.39, 0.29) is 15.7 Å². The molecular formula is C10H22O3S2. The zero-order valence-electron chi connectivity index (χ0n) is 10.1. The lowest BCUT2D eigenvalue weighted by Crippen LogP contribution is -2.23. The van der Waals surface area contributed by atoms with Crippen molar-refractivity contribution in [2.75, 3.05) is 5.75 Å². The van der Waals surface area contributed by atoms with Crippen molar-refractivity contribution in [1.29, 1.82) is 0 Å². The fraction of sp³-hybridized carbons (Fsp3) is 1.00. The summed E-state index contributed by atoms with van der Waals surface area (Å²) in [6.07, 6.45) is 0.512. The quantitative estimate of drug-likeness (QED) is 0.767. The van der Waals surface area contributed by atoms with E-state index < -0.39 is 10.1 Å². The van der Waals surface area contributed by atoms with Gasteiger partial charge in [0.2, 0.25) is 0 Å². The molecule has 0 rings (SSSR count). The molecular weight excluding hydrogens is 232 g/mol. The molecule has 1 N–H and O–H groups in total. The van der Waals surface area contributed by atoms with Gasteiger partial charge in [-0.2, -0.15) is 20.2 Å². The summed E-state index contributed by atoms with van der Waals surface area (Å²) in [4.78, 5) is 0. The zero-order chi connectivity index (χ0) is 12.3. The molecule has 0 fully saturated rings. The predicted octanol–water partition coefficient (Wildman–Crippen LogP) is 2.82. The first kappa shape index (κ1) is 15.3. The molecule has 0 aromatic heterocycles. The largest absolute Gasteiger partial charge is 0.286 e. The number of thioether (sulfide) groups is 1. The van der Waals surface area contributed by atoms with Crippen molar-refractivity contribution in [3.05, 3.63) is 0 Å². The molecule has 0 radical (unpaired) electrons. The maximum absolute atomic E-state index is 10.7. The highest BCUT2D eigenvalue weighted by Gasteiger charge is 2.23. The second-order valence-corrected chi connectivity index (χ2v) is 8.73. The van der Waals surface area contributed by atoms with Gasteiger partial charge < -0.3 is 0 Å². The van der Waals surface area contributed by atoms with Gasteiger partial charge in [0, 0.05) is 10.00 Å². The molecule has 0 bridgehead atoms. The van der Waals surface area contributed by atoms with E-state index in [9.17, 15) is 8.42 Å². The minimum Gasteiger partial charge on any atom is -0.286 e. The maximum Gasteiger partial charge on any atom is 0.264 e. The Morgan fingerprint density at radius 2 is 1.73 bits per heavy atom. The van der Waals surface area contributed by atoms with Crippen LogP contribution in [0.2, 0.25) is 0 Å². The van der Waals surface area contributed by atoms with E-state index in [4.69, 9.17) is 4.55 Å². The van der Waals surface area contributed by atoms with Crippen molar-refractivity contribution in [2.24, 2.45) is 5.92 Å². The number of hydrogen-bond acceptors (Lipinski definition) is 3. The SMILES string of the molecule is CC(C)C(CCS(=O)(=O)O)SC(C)(C)C. The molecule has 3 nitrogen and oxygen atoms in total. The molecule has 0 aromatic carbocycles. The monoisotopic (exact) mass is 254 g/mol. The van der Waals surface area contributed by atoms with Crippen LogP contribution in [0.25, 0.3) is 0 Å². The molecule has 1 unspecified atom stereocenters. The van der Waals surface area contributed by atoms with E-state index in [0.717, 1.165) is 0 Å². The molecule has 0 spiro atoms. The van der Waals surface area contributed by atoms with E-state index >= 15 is 0 Å². The minimum absolute atomic E-state index is 0.119. The van der Waals surface area contributed by atoms with Crippen LogP contribution in [0.15, 0.2) is 0 Å². The van der Waals surface area contributed by atoms with Crippen molar-refractivity contribution in [3.63, 3.8) is 0 Å². The molecule has 5 heteroatoms. The third kappa shape index (κ3) is 9.20. The van der Waals surface area contributed by atoms with E-state index in [2.05, 4.69) is 34.6 Å². The van der Waals surface area contributed by atoms with Crippen LogP contribution in [0.5, 0.6) is 0 Å². The predicted molar refractivity (Wildman–Crippen MR) is 67.0 cm³/mol. The van der Waals surface area contributed by atoms with Crippen LogP contribution in [-0.4, -0.2) is 28.7 Å². The van der Waals surface area contributed by atoms with Gasteiger partial charge >= 0.3 is 0 Å². The summed E-state index contributed by atoms with van der Waals surface area (Å²) in [6, 6.07) is 0. The van der Waals surface area contributed by atoms with Gasteiger partial charge in [0.1, 0.15) is 0 Å². The Balaban J connectivity index is 4.31. The Labute approximate surface area is 97.8 Å². The fourth-order valence-electron chi connectivity index (χ4n) is 1.25. The Hall–Kier alpha value is 0.260. The number of rotatable bonds is 5. The highest BCUT2D eigenvalue weighted by molar-refractivity contribution is 8.01. The second-order valence-electron chi connectivity index (χ2n) is 5.09.